The molecule has 0 aliphatic carbocycles. The van der Waals surface area contributed by atoms with E-state index in [2.05, 4.69) is 9.55 Å². The monoisotopic (exact) mass is 356 g/mol. The smallest absolute Gasteiger partial charge is 0.452 e. The molecule has 0 saturated heterocycles. The van der Waals surface area contributed by atoms with Crippen LogP contribution in [-0.2, 0) is 6.54 Å². The second-order valence-corrected chi connectivity index (χ2v) is 6.38. The van der Waals surface area contributed by atoms with Gasteiger partial charge in [0.05, 0.1) is 24.5 Å². The van der Waals surface area contributed by atoms with Crippen LogP contribution in [0.15, 0.2) is 48.8 Å². The van der Waals surface area contributed by atoms with E-state index in [9.17, 15) is 14.4 Å². The largest absolute Gasteiger partial charge is 0.494 e. The number of imidazole rings is 1. The molecule has 2 N–H and O–H groups in total. The molecule has 0 amide bonds. The number of hydrogen-bond donors (Lipinski definition) is 2. The molecule has 7 heteroatoms. The molecule has 136 valence electrons. The zero-order chi connectivity index (χ0) is 18.5. The molecule has 1 unspecified atom stereocenters. The van der Waals surface area contributed by atoms with Crippen LogP contribution in [0.4, 0.5) is 4.39 Å². The van der Waals surface area contributed by atoms with Gasteiger partial charge in [0.25, 0.3) is 0 Å². The minimum absolute atomic E-state index is 0.148. The first-order valence-corrected chi connectivity index (χ1v) is 8.68. The SMILES string of the molecule is COc1ccc(C(CCCn2cnc3ccccc32)CB(O)O)cc1F. The Labute approximate surface area is 152 Å². The second-order valence-electron chi connectivity index (χ2n) is 6.38. The first-order valence-electron chi connectivity index (χ1n) is 8.68. The van der Waals surface area contributed by atoms with E-state index in [0.29, 0.717) is 6.42 Å². The van der Waals surface area contributed by atoms with Crippen molar-refractivity contribution in [1.29, 1.82) is 0 Å². The molecule has 0 bridgehead atoms. The van der Waals surface area contributed by atoms with E-state index in [1.165, 1.54) is 13.2 Å². The van der Waals surface area contributed by atoms with Crippen LogP contribution < -0.4 is 4.74 Å². The van der Waals surface area contributed by atoms with E-state index in [0.717, 1.165) is 29.6 Å². The second kappa shape index (κ2) is 8.34. The number of aromatic nitrogens is 2. The maximum Gasteiger partial charge on any atom is 0.452 e. The van der Waals surface area contributed by atoms with Crippen molar-refractivity contribution >= 4 is 18.2 Å². The number of fused-ring (bicyclic) bond motifs is 1. The minimum atomic E-state index is -1.43. The summed E-state index contributed by atoms with van der Waals surface area (Å²) in [6, 6.07) is 12.7. The lowest BCUT2D eigenvalue weighted by Crippen LogP contribution is -2.16. The Bertz CT molecular complexity index is 869. The van der Waals surface area contributed by atoms with Gasteiger partial charge in [0, 0.05) is 6.54 Å². The van der Waals surface area contributed by atoms with Gasteiger partial charge in [-0.25, -0.2) is 9.37 Å². The number of benzene rings is 2. The Kier molecular flexibility index (Phi) is 5.91. The van der Waals surface area contributed by atoms with Gasteiger partial charge in [0.15, 0.2) is 11.6 Å². The summed E-state index contributed by atoms with van der Waals surface area (Å²) in [6.45, 7) is 0.761. The maximum atomic E-state index is 14.0. The van der Waals surface area contributed by atoms with Crippen LogP contribution >= 0.6 is 0 Å². The average Bonchev–Trinajstić information content (AvgIpc) is 3.04. The molecule has 1 heterocycles. The van der Waals surface area contributed by atoms with Crippen LogP contribution in [0.2, 0.25) is 6.32 Å². The number of halogens is 1. The topological polar surface area (TPSA) is 67.5 Å². The fourth-order valence-electron chi connectivity index (χ4n) is 3.31. The summed E-state index contributed by atoms with van der Waals surface area (Å²) < 4.78 is 21.0. The van der Waals surface area contributed by atoms with Gasteiger partial charge in [-0.05, 0) is 54.9 Å². The third-order valence-electron chi connectivity index (χ3n) is 4.62. The molecule has 3 rings (SSSR count). The fraction of sp³-hybridized carbons (Fsp3) is 0.316. The summed E-state index contributed by atoms with van der Waals surface area (Å²) >= 11 is 0. The number of ether oxygens (including phenoxy) is 1. The number of rotatable bonds is 8. The highest BCUT2D eigenvalue weighted by atomic mass is 19.1. The summed E-state index contributed by atoms with van der Waals surface area (Å²) in [5.41, 5.74) is 2.76. The standard InChI is InChI=1S/C19H22BFN2O3/c1-26-19-9-8-14(11-16(19)21)15(12-20(24)25)5-4-10-23-13-22-17-6-2-3-7-18(17)23/h2-3,6-9,11,13,15,24-25H,4-5,10,12H2,1H3. The van der Waals surface area contributed by atoms with E-state index >= 15 is 0 Å². The van der Waals surface area contributed by atoms with Gasteiger partial charge >= 0.3 is 7.12 Å². The van der Waals surface area contributed by atoms with Crippen molar-refractivity contribution in [1.82, 2.24) is 9.55 Å². The van der Waals surface area contributed by atoms with Crippen LogP contribution in [-0.4, -0.2) is 33.8 Å². The van der Waals surface area contributed by atoms with E-state index in [1.807, 2.05) is 30.6 Å². The first kappa shape index (κ1) is 18.4. The third kappa shape index (κ3) is 4.23. The van der Waals surface area contributed by atoms with Crippen molar-refractivity contribution in [3.8, 4) is 5.75 Å². The molecular formula is C19H22BFN2O3. The zero-order valence-corrected chi connectivity index (χ0v) is 14.7. The highest BCUT2D eigenvalue weighted by Gasteiger charge is 2.20. The number of aryl methyl sites for hydroxylation is 1. The van der Waals surface area contributed by atoms with E-state index in [1.54, 1.807) is 12.1 Å². The Hall–Kier alpha value is -2.38. The van der Waals surface area contributed by atoms with Crippen LogP contribution in [0, 0.1) is 5.82 Å². The van der Waals surface area contributed by atoms with Gasteiger partial charge in [-0.15, -0.1) is 0 Å². The Morgan fingerprint density at radius 3 is 2.77 bits per heavy atom. The van der Waals surface area contributed by atoms with Crippen LogP contribution in [0.25, 0.3) is 11.0 Å². The Morgan fingerprint density at radius 2 is 2.04 bits per heavy atom. The Balaban J connectivity index is 1.69. The number of para-hydroxylation sites is 2. The van der Waals surface area contributed by atoms with Crippen LogP contribution in [0.1, 0.15) is 24.3 Å². The summed E-state index contributed by atoms with van der Waals surface area (Å²) in [4.78, 5) is 4.37. The summed E-state index contributed by atoms with van der Waals surface area (Å²) in [6.07, 6.45) is 3.49. The average molecular weight is 356 g/mol. The Morgan fingerprint density at radius 1 is 1.23 bits per heavy atom. The quantitative estimate of drug-likeness (QED) is 0.608. The molecule has 2 aromatic carbocycles. The van der Waals surface area contributed by atoms with E-state index in [4.69, 9.17) is 4.74 Å². The van der Waals surface area contributed by atoms with E-state index < -0.39 is 12.9 Å². The predicted octanol–water partition coefficient (Wildman–Crippen LogP) is 3.22. The van der Waals surface area contributed by atoms with Gasteiger partial charge in [-0.2, -0.15) is 0 Å². The van der Waals surface area contributed by atoms with Gasteiger partial charge in [0.2, 0.25) is 0 Å². The van der Waals surface area contributed by atoms with Crippen molar-refractivity contribution in [2.45, 2.75) is 31.6 Å². The molecule has 0 aliphatic rings. The molecule has 0 fully saturated rings. The summed E-state index contributed by atoms with van der Waals surface area (Å²) in [5.74, 6) is -0.407. The third-order valence-corrected chi connectivity index (χ3v) is 4.62. The number of nitrogens with zero attached hydrogens (tertiary/aromatic N) is 2. The lowest BCUT2D eigenvalue weighted by molar-refractivity contribution is 0.384. The number of methoxy groups -OCH3 is 1. The highest BCUT2D eigenvalue weighted by Crippen LogP contribution is 2.30. The summed E-state index contributed by atoms with van der Waals surface area (Å²) in [5, 5.41) is 18.8. The van der Waals surface area contributed by atoms with Crippen LogP contribution in [0.5, 0.6) is 5.75 Å². The molecule has 5 nitrogen and oxygen atoms in total. The van der Waals surface area contributed by atoms with Crippen molar-refractivity contribution < 1.29 is 19.2 Å². The van der Waals surface area contributed by atoms with Gasteiger partial charge in [-0.1, -0.05) is 18.2 Å². The molecule has 26 heavy (non-hydrogen) atoms. The van der Waals surface area contributed by atoms with Crippen molar-refractivity contribution in [2.75, 3.05) is 7.11 Å². The molecule has 1 atom stereocenters. The fourth-order valence-corrected chi connectivity index (χ4v) is 3.31. The zero-order valence-electron chi connectivity index (χ0n) is 14.7. The molecule has 1 aromatic heterocycles. The minimum Gasteiger partial charge on any atom is -0.494 e. The molecule has 0 saturated carbocycles. The number of hydrogen-bond acceptors (Lipinski definition) is 4. The van der Waals surface area contributed by atoms with Crippen molar-refractivity contribution in [2.24, 2.45) is 0 Å². The molecular weight excluding hydrogens is 334 g/mol. The molecule has 3 aromatic rings. The lowest BCUT2D eigenvalue weighted by Gasteiger charge is -2.18. The van der Waals surface area contributed by atoms with Crippen molar-refractivity contribution in [3.63, 3.8) is 0 Å². The maximum absolute atomic E-state index is 14.0. The van der Waals surface area contributed by atoms with Gasteiger partial charge < -0.3 is 19.4 Å². The van der Waals surface area contributed by atoms with Crippen molar-refractivity contribution in [3.05, 3.63) is 60.2 Å². The molecule has 0 radical (unpaired) electrons. The molecule has 0 aliphatic heterocycles. The summed E-state index contributed by atoms with van der Waals surface area (Å²) in [7, 11) is -0.0121. The lowest BCUT2D eigenvalue weighted by atomic mass is 9.74. The molecule has 0 spiro atoms. The van der Waals surface area contributed by atoms with Gasteiger partial charge in [0.1, 0.15) is 0 Å². The van der Waals surface area contributed by atoms with E-state index in [-0.39, 0.29) is 18.0 Å². The normalized spacial score (nSPS) is 12.3. The first-order chi connectivity index (χ1) is 12.6. The highest BCUT2D eigenvalue weighted by molar-refractivity contribution is 6.41. The predicted molar refractivity (Wildman–Crippen MR) is 99.7 cm³/mol. The van der Waals surface area contributed by atoms with Crippen LogP contribution in [0.3, 0.4) is 0 Å². The van der Waals surface area contributed by atoms with Gasteiger partial charge in [-0.3, -0.25) is 0 Å².